The molecule has 1 aromatic heterocycles. The van der Waals surface area contributed by atoms with Crippen LogP contribution in [-0.2, 0) is 0 Å². The van der Waals surface area contributed by atoms with Crippen molar-refractivity contribution in [1.29, 1.82) is 0 Å². The van der Waals surface area contributed by atoms with Crippen molar-refractivity contribution in [2.45, 2.75) is 0 Å². The van der Waals surface area contributed by atoms with Crippen LogP contribution >= 0.6 is 0 Å². The second kappa shape index (κ2) is 9.30. The molecule has 140 valence electrons. The number of hydrogen-bond acceptors (Lipinski definition) is 7. The van der Waals surface area contributed by atoms with Crippen LogP contribution in [0.1, 0.15) is 0 Å². The quantitative estimate of drug-likeness (QED) is 0.617. The van der Waals surface area contributed by atoms with Gasteiger partial charge in [-0.2, -0.15) is 5.10 Å². The fraction of sp³-hybridized carbons (Fsp3) is 0.353. The van der Waals surface area contributed by atoms with Gasteiger partial charge in [-0.15, -0.1) is 5.10 Å². The van der Waals surface area contributed by atoms with Gasteiger partial charge in [0.2, 0.25) is 0 Å². The van der Waals surface area contributed by atoms with Crippen LogP contribution < -0.4 is 30.3 Å². The number of nitrogens with one attached hydrogen (secondary N) is 3. The molecule has 0 fully saturated rings. The van der Waals surface area contributed by atoms with Gasteiger partial charge in [-0.05, 0) is 0 Å². The van der Waals surface area contributed by atoms with Crippen molar-refractivity contribution in [2.75, 3.05) is 56.9 Å². The number of methoxy groups -OCH3 is 2. The highest BCUT2D eigenvalue weighted by Crippen LogP contribution is 2.25. The van der Waals surface area contributed by atoms with Gasteiger partial charge in [0.15, 0.2) is 5.82 Å². The highest BCUT2D eigenvalue weighted by molar-refractivity contribution is 5.89. The summed E-state index contributed by atoms with van der Waals surface area (Å²) in [6.45, 7) is 0.932. The Kier molecular flexibility index (Phi) is 6.84. The Bertz CT molecular complexity index is 716. The van der Waals surface area contributed by atoms with Crippen LogP contribution in [0.4, 0.5) is 22.0 Å². The van der Waals surface area contributed by atoms with Gasteiger partial charge in [-0.25, -0.2) is 4.79 Å². The molecule has 9 nitrogen and oxygen atoms in total. The standard InChI is InChI=1S/C17H24N6O3/c1-23(2)13-9-16(22-20-11-13)18-5-6-19-17(24)21-12-7-14(25-3)10-15(8-12)26-4/h7-11H,5-6H2,1-4H3,(H,18,22)(H2,19,21,24). The lowest BCUT2D eigenvalue weighted by molar-refractivity contribution is 0.252. The number of hydrogen-bond donors (Lipinski definition) is 3. The largest absolute Gasteiger partial charge is 0.497 e. The molecule has 9 heteroatoms. The fourth-order valence-electron chi connectivity index (χ4n) is 2.11. The summed E-state index contributed by atoms with van der Waals surface area (Å²) in [7, 11) is 6.97. The van der Waals surface area contributed by atoms with E-state index in [0.717, 1.165) is 5.69 Å². The molecule has 2 aromatic rings. The summed E-state index contributed by atoms with van der Waals surface area (Å²) >= 11 is 0. The molecule has 26 heavy (non-hydrogen) atoms. The number of amides is 2. The molecule has 0 aliphatic carbocycles. The summed E-state index contributed by atoms with van der Waals surface area (Å²) in [6.07, 6.45) is 1.68. The molecule has 0 radical (unpaired) electrons. The number of aromatic nitrogens is 2. The Morgan fingerprint density at radius 3 is 2.38 bits per heavy atom. The summed E-state index contributed by atoms with van der Waals surface area (Å²) in [5, 5.41) is 16.5. The lowest BCUT2D eigenvalue weighted by Crippen LogP contribution is -2.32. The van der Waals surface area contributed by atoms with Crippen molar-refractivity contribution in [3.63, 3.8) is 0 Å². The highest BCUT2D eigenvalue weighted by atomic mass is 16.5. The first-order valence-corrected chi connectivity index (χ1v) is 8.03. The van der Waals surface area contributed by atoms with E-state index in [2.05, 4.69) is 26.1 Å². The van der Waals surface area contributed by atoms with Crippen LogP contribution in [-0.4, -0.2) is 57.6 Å². The first kappa shape index (κ1) is 19.1. The molecule has 0 spiro atoms. The number of nitrogens with zero attached hydrogens (tertiary/aromatic N) is 3. The molecule has 2 amide bonds. The molecule has 1 heterocycles. The number of ether oxygens (including phenoxy) is 2. The van der Waals surface area contributed by atoms with Gasteiger partial charge < -0.3 is 30.3 Å². The first-order valence-electron chi connectivity index (χ1n) is 8.03. The van der Waals surface area contributed by atoms with Crippen molar-refractivity contribution < 1.29 is 14.3 Å². The minimum Gasteiger partial charge on any atom is -0.497 e. The molecule has 0 bridgehead atoms. The van der Waals surface area contributed by atoms with Crippen LogP contribution in [0.25, 0.3) is 0 Å². The smallest absolute Gasteiger partial charge is 0.319 e. The average molecular weight is 360 g/mol. The van der Waals surface area contributed by atoms with Crippen molar-refractivity contribution >= 4 is 23.2 Å². The number of carbonyl (C=O) groups is 1. The van der Waals surface area contributed by atoms with E-state index in [-0.39, 0.29) is 6.03 Å². The maximum absolute atomic E-state index is 12.0. The Morgan fingerprint density at radius 1 is 1.08 bits per heavy atom. The zero-order chi connectivity index (χ0) is 18.9. The molecule has 2 rings (SSSR count). The topological polar surface area (TPSA) is 101 Å². The van der Waals surface area contributed by atoms with Crippen LogP contribution in [0, 0.1) is 0 Å². The number of rotatable bonds is 8. The molecule has 0 saturated heterocycles. The second-order valence-electron chi connectivity index (χ2n) is 5.60. The number of urea groups is 1. The highest BCUT2D eigenvalue weighted by Gasteiger charge is 2.06. The van der Waals surface area contributed by atoms with Gasteiger partial charge in [-0.3, -0.25) is 0 Å². The van der Waals surface area contributed by atoms with Gasteiger partial charge in [0.05, 0.1) is 26.1 Å². The Balaban J connectivity index is 1.80. The monoisotopic (exact) mass is 360 g/mol. The van der Waals surface area contributed by atoms with E-state index in [9.17, 15) is 4.79 Å². The van der Waals surface area contributed by atoms with Gasteiger partial charge in [-0.1, -0.05) is 0 Å². The van der Waals surface area contributed by atoms with E-state index in [1.165, 1.54) is 0 Å². The lowest BCUT2D eigenvalue weighted by Gasteiger charge is -2.13. The fourth-order valence-corrected chi connectivity index (χ4v) is 2.11. The summed E-state index contributed by atoms with van der Waals surface area (Å²) in [6, 6.07) is 6.71. The number of benzene rings is 1. The predicted octanol–water partition coefficient (Wildman–Crippen LogP) is 1.79. The minimum atomic E-state index is -0.324. The summed E-state index contributed by atoms with van der Waals surface area (Å²) in [5.74, 6) is 1.84. The molecule has 0 aliphatic rings. The first-order chi connectivity index (χ1) is 12.5. The summed E-state index contributed by atoms with van der Waals surface area (Å²) in [5.41, 5.74) is 1.52. The summed E-state index contributed by atoms with van der Waals surface area (Å²) in [4.78, 5) is 13.9. The third-order valence-corrected chi connectivity index (χ3v) is 3.48. The lowest BCUT2D eigenvalue weighted by atomic mass is 10.3. The van der Waals surface area contributed by atoms with E-state index < -0.39 is 0 Å². The van der Waals surface area contributed by atoms with Gasteiger partial charge in [0.1, 0.15) is 11.5 Å². The van der Waals surface area contributed by atoms with Gasteiger partial charge in [0, 0.05) is 57.1 Å². The average Bonchev–Trinajstić information content (AvgIpc) is 2.65. The predicted molar refractivity (Wildman–Crippen MR) is 101 cm³/mol. The number of carbonyl (C=O) groups excluding carboxylic acids is 1. The molecular formula is C17H24N6O3. The molecule has 0 saturated carbocycles. The van der Waals surface area contributed by atoms with Crippen molar-refractivity contribution in [1.82, 2.24) is 15.5 Å². The zero-order valence-corrected chi connectivity index (χ0v) is 15.4. The normalized spacial score (nSPS) is 10.0. The zero-order valence-electron chi connectivity index (χ0n) is 15.4. The van der Waals surface area contributed by atoms with Crippen LogP contribution in [0.5, 0.6) is 11.5 Å². The van der Waals surface area contributed by atoms with Crippen molar-refractivity contribution in [3.8, 4) is 11.5 Å². The SMILES string of the molecule is COc1cc(NC(=O)NCCNc2cc(N(C)C)cnn2)cc(OC)c1. The Hall–Kier alpha value is -3.23. The third kappa shape index (κ3) is 5.69. The second-order valence-corrected chi connectivity index (χ2v) is 5.60. The van der Waals surface area contributed by atoms with Crippen LogP contribution in [0.2, 0.25) is 0 Å². The third-order valence-electron chi connectivity index (χ3n) is 3.48. The van der Waals surface area contributed by atoms with E-state index in [1.807, 2.05) is 25.1 Å². The van der Waals surface area contributed by atoms with Crippen molar-refractivity contribution in [2.24, 2.45) is 0 Å². The van der Waals surface area contributed by atoms with Crippen molar-refractivity contribution in [3.05, 3.63) is 30.5 Å². The van der Waals surface area contributed by atoms with Gasteiger partial charge in [0.25, 0.3) is 0 Å². The van der Waals surface area contributed by atoms with E-state index in [0.29, 0.717) is 36.1 Å². The maximum atomic E-state index is 12.0. The van der Waals surface area contributed by atoms with Crippen LogP contribution in [0.3, 0.4) is 0 Å². The molecule has 3 N–H and O–H groups in total. The van der Waals surface area contributed by atoms with Crippen LogP contribution in [0.15, 0.2) is 30.5 Å². The van der Waals surface area contributed by atoms with E-state index in [4.69, 9.17) is 9.47 Å². The molecule has 0 aliphatic heterocycles. The molecule has 0 atom stereocenters. The summed E-state index contributed by atoms with van der Waals surface area (Å²) < 4.78 is 10.3. The molecular weight excluding hydrogens is 336 g/mol. The number of anilines is 3. The van der Waals surface area contributed by atoms with Gasteiger partial charge >= 0.3 is 6.03 Å². The molecule has 1 aromatic carbocycles. The minimum absolute atomic E-state index is 0.324. The maximum Gasteiger partial charge on any atom is 0.319 e. The molecule has 0 unspecified atom stereocenters. The van der Waals surface area contributed by atoms with E-state index >= 15 is 0 Å². The van der Waals surface area contributed by atoms with E-state index in [1.54, 1.807) is 38.6 Å². The Morgan fingerprint density at radius 2 is 1.77 bits per heavy atom. The Labute approximate surface area is 152 Å².